The first-order valence-corrected chi connectivity index (χ1v) is 9.19. The van der Waals surface area contributed by atoms with E-state index < -0.39 is 6.10 Å². The number of nitrogens with zero attached hydrogens (tertiary/aromatic N) is 4. The van der Waals surface area contributed by atoms with Crippen LogP contribution in [0.5, 0.6) is 5.75 Å². The molecule has 0 spiro atoms. The minimum absolute atomic E-state index is 0.272. The van der Waals surface area contributed by atoms with Gasteiger partial charge in [0, 0.05) is 0 Å². The van der Waals surface area contributed by atoms with E-state index in [0.29, 0.717) is 21.7 Å². The molecule has 0 aliphatic carbocycles. The molecule has 3 aromatic heterocycles. The van der Waals surface area contributed by atoms with Gasteiger partial charge in [0.25, 0.3) is 5.91 Å². The molecule has 0 aliphatic rings. The van der Waals surface area contributed by atoms with Crippen LogP contribution in [0.25, 0.3) is 15.7 Å². The SMILES string of the molecule is CC(Oc1ccccc1)C(=O)Nc1nn2c(-c3cccs3)nnc2s1. The molecule has 0 saturated carbocycles. The molecule has 3 heterocycles. The molecule has 0 saturated heterocycles. The van der Waals surface area contributed by atoms with Crippen molar-refractivity contribution in [2.24, 2.45) is 0 Å². The van der Waals surface area contributed by atoms with E-state index in [1.165, 1.54) is 11.3 Å². The zero-order valence-electron chi connectivity index (χ0n) is 13.1. The van der Waals surface area contributed by atoms with Gasteiger partial charge in [0.2, 0.25) is 10.1 Å². The molecule has 0 aliphatic heterocycles. The van der Waals surface area contributed by atoms with Crippen LogP contribution < -0.4 is 10.1 Å². The molecule has 0 fully saturated rings. The molecule has 4 aromatic rings. The van der Waals surface area contributed by atoms with Gasteiger partial charge < -0.3 is 4.74 Å². The zero-order chi connectivity index (χ0) is 17.2. The van der Waals surface area contributed by atoms with Gasteiger partial charge >= 0.3 is 0 Å². The Morgan fingerprint density at radius 3 is 2.80 bits per heavy atom. The molecule has 1 N–H and O–H groups in total. The molecule has 4 rings (SSSR count). The van der Waals surface area contributed by atoms with Crippen molar-refractivity contribution in [3.05, 3.63) is 47.8 Å². The number of hydrogen-bond donors (Lipinski definition) is 1. The second kappa shape index (κ2) is 6.61. The molecule has 1 unspecified atom stereocenters. The summed E-state index contributed by atoms with van der Waals surface area (Å²) in [6, 6.07) is 13.1. The summed E-state index contributed by atoms with van der Waals surface area (Å²) in [4.78, 5) is 13.9. The number of aromatic nitrogens is 4. The Morgan fingerprint density at radius 2 is 2.04 bits per heavy atom. The number of fused-ring (bicyclic) bond motifs is 1. The van der Waals surface area contributed by atoms with Crippen molar-refractivity contribution in [3.8, 4) is 16.5 Å². The number of amides is 1. The van der Waals surface area contributed by atoms with E-state index in [1.54, 1.807) is 34.9 Å². The quantitative estimate of drug-likeness (QED) is 0.582. The number of hydrogen-bond acceptors (Lipinski definition) is 7. The molecular weight excluding hydrogens is 358 g/mol. The summed E-state index contributed by atoms with van der Waals surface area (Å²) < 4.78 is 7.25. The summed E-state index contributed by atoms with van der Waals surface area (Å²) in [6.45, 7) is 1.69. The van der Waals surface area contributed by atoms with E-state index in [-0.39, 0.29) is 5.91 Å². The normalized spacial score (nSPS) is 12.2. The van der Waals surface area contributed by atoms with E-state index in [0.717, 1.165) is 4.88 Å². The fourth-order valence-corrected chi connectivity index (χ4v) is 3.63. The van der Waals surface area contributed by atoms with Gasteiger partial charge in [-0.25, -0.2) is 0 Å². The smallest absolute Gasteiger partial charge is 0.266 e. The number of carbonyl (C=O) groups is 1. The zero-order valence-corrected chi connectivity index (χ0v) is 14.8. The Kier molecular flexibility index (Phi) is 4.16. The van der Waals surface area contributed by atoms with Crippen molar-refractivity contribution in [2.75, 3.05) is 5.32 Å². The first-order chi connectivity index (χ1) is 12.2. The van der Waals surface area contributed by atoms with E-state index in [9.17, 15) is 4.79 Å². The number of rotatable bonds is 5. The van der Waals surface area contributed by atoms with Gasteiger partial charge in [-0.2, -0.15) is 4.52 Å². The van der Waals surface area contributed by atoms with Gasteiger partial charge in [0.15, 0.2) is 11.9 Å². The van der Waals surface area contributed by atoms with Crippen LogP contribution in [0.2, 0.25) is 0 Å². The molecule has 25 heavy (non-hydrogen) atoms. The van der Waals surface area contributed by atoms with Gasteiger partial charge in [0.05, 0.1) is 4.88 Å². The summed E-state index contributed by atoms with van der Waals surface area (Å²) in [5.74, 6) is 1.03. The third-order valence-corrected chi connectivity index (χ3v) is 5.07. The van der Waals surface area contributed by atoms with E-state index in [4.69, 9.17) is 4.74 Å². The molecule has 1 aromatic carbocycles. The van der Waals surface area contributed by atoms with Crippen LogP contribution in [0.4, 0.5) is 5.13 Å². The summed E-state index contributed by atoms with van der Waals surface area (Å²) in [5, 5.41) is 17.8. The summed E-state index contributed by atoms with van der Waals surface area (Å²) in [7, 11) is 0. The first-order valence-electron chi connectivity index (χ1n) is 7.49. The fraction of sp³-hybridized carbons (Fsp3) is 0.125. The number of anilines is 1. The predicted molar refractivity (Wildman–Crippen MR) is 97.1 cm³/mol. The highest BCUT2D eigenvalue weighted by Crippen LogP contribution is 2.27. The Morgan fingerprint density at radius 1 is 1.20 bits per heavy atom. The predicted octanol–water partition coefficient (Wildman–Crippen LogP) is 3.32. The van der Waals surface area contributed by atoms with Gasteiger partial charge in [0.1, 0.15) is 5.75 Å². The van der Waals surface area contributed by atoms with Gasteiger partial charge in [-0.1, -0.05) is 35.6 Å². The lowest BCUT2D eigenvalue weighted by molar-refractivity contribution is -0.122. The van der Waals surface area contributed by atoms with Crippen LogP contribution in [0.15, 0.2) is 47.8 Å². The third-order valence-electron chi connectivity index (χ3n) is 3.39. The Balaban J connectivity index is 1.50. The highest BCUT2D eigenvalue weighted by molar-refractivity contribution is 7.20. The number of carbonyl (C=O) groups excluding carboxylic acids is 1. The van der Waals surface area contributed by atoms with Crippen molar-refractivity contribution in [1.29, 1.82) is 0 Å². The van der Waals surface area contributed by atoms with Crippen molar-refractivity contribution in [1.82, 2.24) is 19.8 Å². The van der Waals surface area contributed by atoms with Crippen molar-refractivity contribution < 1.29 is 9.53 Å². The maximum Gasteiger partial charge on any atom is 0.266 e. The molecule has 0 radical (unpaired) electrons. The molecule has 1 atom stereocenters. The average Bonchev–Trinajstić information content (AvgIpc) is 3.32. The summed E-state index contributed by atoms with van der Waals surface area (Å²) in [6.07, 6.45) is -0.645. The average molecular weight is 371 g/mol. The van der Waals surface area contributed by atoms with Crippen molar-refractivity contribution >= 4 is 38.7 Å². The topological polar surface area (TPSA) is 81.4 Å². The van der Waals surface area contributed by atoms with Crippen LogP contribution in [-0.4, -0.2) is 31.8 Å². The maximum atomic E-state index is 12.3. The molecule has 1 amide bonds. The molecule has 0 bridgehead atoms. The summed E-state index contributed by atoms with van der Waals surface area (Å²) >= 11 is 2.82. The minimum Gasteiger partial charge on any atom is -0.481 e. The number of nitrogens with one attached hydrogen (secondary N) is 1. The monoisotopic (exact) mass is 371 g/mol. The van der Waals surface area contributed by atoms with Crippen LogP contribution in [0, 0.1) is 0 Å². The standard InChI is InChI=1S/C16H13N5O2S2/c1-10(23-11-6-3-2-4-7-11)14(22)17-15-20-21-13(12-8-5-9-24-12)18-19-16(21)25-15/h2-10H,1H3,(H,17,20,22). The third kappa shape index (κ3) is 3.24. The number of thiophene rings is 1. The van der Waals surface area contributed by atoms with Crippen molar-refractivity contribution in [3.63, 3.8) is 0 Å². The number of benzene rings is 1. The minimum atomic E-state index is -0.645. The van der Waals surface area contributed by atoms with Gasteiger partial charge in [-0.3, -0.25) is 10.1 Å². The maximum absolute atomic E-state index is 12.3. The first kappa shape index (κ1) is 15.7. The van der Waals surface area contributed by atoms with Gasteiger partial charge in [-0.15, -0.1) is 26.6 Å². The highest BCUT2D eigenvalue weighted by atomic mass is 32.1. The summed E-state index contributed by atoms with van der Waals surface area (Å²) in [5.41, 5.74) is 0. The second-order valence-corrected chi connectivity index (χ2v) is 7.07. The lowest BCUT2D eigenvalue weighted by Gasteiger charge is -2.13. The Hall–Kier alpha value is -2.78. The largest absolute Gasteiger partial charge is 0.481 e. The number of para-hydroxylation sites is 1. The fourth-order valence-electron chi connectivity index (χ4n) is 2.19. The van der Waals surface area contributed by atoms with E-state index >= 15 is 0 Å². The van der Waals surface area contributed by atoms with Crippen LogP contribution in [0.3, 0.4) is 0 Å². The van der Waals surface area contributed by atoms with Crippen molar-refractivity contribution in [2.45, 2.75) is 13.0 Å². The number of ether oxygens (including phenoxy) is 1. The van der Waals surface area contributed by atoms with Gasteiger partial charge in [-0.05, 0) is 30.5 Å². The second-order valence-electron chi connectivity index (χ2n) is 5.16. The molecule has 9 heteroatoms. The Bertz CT molecular complexity index is 994. The lowest BCUT2D eigenvalue weighted by atomic mass is 10.3. The van der Waals surface area contributed by atoms with E-state index in [2.05, 4.69) is 20.6 Å². The van der Waals surface area contributed by atoms with Crippen LogP contribution in [-0.2, 0) is 4.79 Å². The lowest BCUT2D eigenvalue weighted by Crippen LogP contribution is -2.30. The molecular formula is C16H13N5O2S2. The molecule has 126 valence electrons. The Labute approximate surface area is 150 Å². The van der Waals surface area contributed by atoms with E-state index in [1.807, 2.05) is 35.7 Å². The highest BCUT2D eigenvalue weighted by Gasteiger charge is 2.19. The molecule has 7 nitrogen and oxygen atoms in total. The van der Waals surface area contributed by atoms with Crippen LogP contribution in [0.1, 0.15) is 6.92 Å². The van der Waals surface area contributed by atoms with Crippen LogP contribution >= 0.6 is 22.7 Å².